The number of aliphatic hydroxyl groups is 1. The first-order valence-electron chi connectivity index (χ1n) is 7.34. The van der Waals surface area contributed by atoms with E-state index in [1.54, 1.807) is 0 Å². The van der Waals surface area contributed by atoms with Gasteiger partial charge in [-0.25, -0.2) is 0 Å². The smallest absolute Gasteiger partial charge is 0.223 e. The molecule has 1 heterocycles. The van der Waals surface area contributed by atoms with Crippen LogP contribution in [-0.4, -0.2) is 40.8 Å². The molecule has 0 saturated heterocycles. The fraction of sp³-hybridized carbons (Fsp3) is 0.714. The lowest BCUT2D eigenvalue weighted by Gasteiger charge is -2.29. The molecule has 0 amide bonds. The van der Waals surface area contributed by atoms with Gasteiger partial charge in [0.2, 0.25) is 5.95 Å². The van der Waals surface area contributed by atoms with E-state index in [9.17, 15) is 5.11 Å². The Labute approximate surface area is 120 Å². The average molecular weight is 279 g/mol. The van der Waals surface area contributed by atoms with E-state index in [4.69, 9.17) is 5.73 Å². The van der Waals surface area contributed by atoms with Crippen LogP contribution in [0.15, 0.2) is 6.07 Å². The molecule has 6 heteroatoms. The molecular formula is C14H25N5O. The zero-order chi connectivity index (χ0) is 14.6. The molecule has 112 valence electrons. The predicted molar refractivity (Wildman–Crippen MR) is 81.9 cm³/mol. The van der Waals surface area contributed by atoms with Crippen LogP contribution >= 0.6 is 0 Å². The molecule has 1 aliphatic carbocycles. The lowest BCUT2D eigenvalue weighted by Crippen LogP contribution is -2.39. The van der Waals surface area contributed by atoms with Crippen molar-refractivity contribution in [3.8, 4) is 0 Å². The molecule has 0 spiro atoms. The maximum Gasteiger partial charge on any atom is 0.223 e. The van der Waals surface area contributed by atoms with Crippen LogP contribution < -0.4 is 16.0 Å². The number of nitrogens with two attached hydrogens (primary N) is 1. The molecule has 20 heavy (non-hydrogen) atoms. The van der Waals surface area contributed by atoms with Gasteiger partial charge in [0.1, 0.15) is 11.6 Å². The van der Waals surface area contributed by atoms with E-state index < -0.39 is 5.60 Å². The van der Waals surface area contributed by atoms with Crippen LogP contribution in [0.1, 0.15) is 39.0 Å². The summed E-state index contributed by atoms with van der Waals surface area (Å²) in [5.74, 6) is 1.74. The topological polar surface area (TPSA) is 87.3 Å². The number of nitrogens with one attached hydrogen (secondary N) is 1. The van der Waals surface area contributed by atoms with E-state index in [2.05, 4.69) is 22.2 Å². The SMILES string of the molecule is CCCNc1cc(N(C)CC2(O)CCCC2)nc(N)n1. The van der Waals surface area contributed by atoms with E-state index in [-0.39, 0.29) is 5.95 Å². The zero-order valence-corrected chi connectivity index (χ0v) is 12.4. The molecule has 6 nitrogen and oxygen atoms in total. The van der Waals surface area contributed by atoms with Gasteiger partial charge in [-0.2, -0.15) is 9.97 Å². The summed E-state index contributed by atoms with van der Waals surface area (Å²) < 4.78 is 0. The molecule has 0 aromatic carbocycles. The van der Waals surface area contributed by atoms with E-state index in [1.807, 2.05) is 18.0 Å². The fourth-order valence-corrected chi connectivity index (χ4v) is 2.71. The molecule has 4 N–H and O–H groups in total. The Bertz CT molecular complexity index is 445. The van der Waals surface area contributed by atoms with E-state index in [0.717, 1.165) is 50.3 Å². The molecule has 1 aromatic rings. The standard InChI is InChI=1S/C14H25N5O/c1-3-8-16-11-9-12(18-13(15)17-11)19(2)10-14(20)6-4-5-7-14/h9,20H,3-8,10H2,1-2H3,(H3,15,16,17,18). The van der Waals surface area contributed by atoms with Crippen molar-refractivity contribution in [2.75, 3.05) is 36.1 Å². The molecule has 0 aliphatic heterocycles. The highest BCUT2D eigenvalue weighted by molar-refractivity contribution is 5.52. The first-order valence-corrected chi connectivity index (χ1v) is 7.34. The third kappa shape index (κ3) is 3.72. The first kappa shape index (κ1) is 14.8. The van der Waals surface area contributed by atoms with Crippen molar-refractivity contribution < 1.29 is 5.11 Å². The lowest BCUT2D eigenvalue weighted by molar-refractivity contribution is 0.0558. The largest absolute Gasteiger partial charge is 0.388 e. The Hall–Kier alpha value is -1.56. The Morgan fingerprint density at radius 1 is 1.40 bits per heavy atom. The summed E-state index contributed by atoms with van der Waals surface area (Å²) >= 11 is 0. The van der Waals surface area contributed by atoms with Crippen molar-refractivity contribution in [3.63, 3.8) is 0 Å². The number of likely N-dealkylation sites (N-methyl/N-ethyl adjacent to an activating group) is 1. The second-order valence-corrected chi connectivity index (χ2v) is 5.68. The van der Waals surface area contributed by atoms with Crippen molar-refractivity contribution in [2.24, 2.45) is 0 Å². The van der Waals surface area contributed by atoms with Gasteiger partial charge in [-0.1, -0.05) is 19.8 Å². The normalized spacial score (nSPS) is 17.1. The maximum absolute atomic E-state index is 10.5. The van der Waals surface area contributed by atoms with E-state index in [0.29, 0.717) is 6.54 Å². The minimum Gasteiger partial charge on any atom is -0.388 e. The number of nitrogen functional groups attached to an aromatic ring is 1. The lowest BCUT2D eigenvalue weighted by atomic mass is 10.0. The van der Waals surface area contributed by atoms with Crippen molar-refractivity contribution >= 4 is 17.6 Å². The Morgan fingerprint density at radius 2 is 2.10 bits per heavy atom. The van der Waals surface area contributed by atoms with Gasteiger partial charge in [-0.15, -0.1) is 0 Å². The van der Waals surface area contributed by atoms with Gasteiger partial charge in [-0.3, -0.25) is 0 Å². The predicted octanol–water partition coefficient (Wildman–Crippen LogP) is 1.62. The highest BCUT2D eigenvalue weighted by atomic mass is 16.3. The molecule has 1 saturated carbocycles. The van der Waals surface area contributed by atoms with Gasteiger partial charge in [0.15, 0.2) is 0 Å². The van der Waals surface area contributed by atoms with Gasteiger partial charge in [-0.05, 0) is 19.3 Å². The Kier molecular flexibility index (Phi) is 4.65. The number of aromatic nitrogens is 2. The molecular weight excluding hydrogens is 254 g/mol. The number of nitrogens with zero attached hydrogens (tertiary/aromatic N) is 3. The molecule has 0 bridgehead atoms. The number of hydrogen-bond donors (Lipinski definition) is 3. The van der Waals surface area contributed by atoms with Crippen LogP contribution in [0.4, 0.5) is 17.6 Å². The number of hydrogen-bond acceptors (Lipinski definition) is 6. The third-order valence-electron chi connectivity index (χ3n) is 3.74. The van der Waals surface area contributed by atoms with Crippen LogP contribution in [0, 0.1) is 0 Å². The maximum atomic E-state index is 10.5. The van der Waals surface area contributed by atoms with Crippen LogP contribution in [-0.2, 0) is 0 Å². The summed E-state index contributed by atoms with van der Waals surface area (Å²) in [7, 11) is 1.93. The molecule has 0 atom stereocenters. The first-order chi connectivity index (χ1) is 9.52. The Balaban J connectivity index is 2.08. The van der Waals surface area contributed by atoms with E-state index in [1.165, 1.54) is 0 Å². The van der Waals surface area contributed by atoms with Crippen molar-refractivity contribution in [2.45, 2.75) is 44.6 Å². The zero-order valence-electron chi connectivity index (χ0n) is 12.4. The van der Waals surface area contributed by atoms with Crippen LogP contribution in [0.5, 0.6) is 0 Å². The molecule has 0 unspecified atom stereocenters. The van der Waals surface area contributed by atoms with Gasteiger partial charge >= 0.3 is 0 Å². The van der Waals surface area contributed by atoms with Gasteiger partial charge < -0.3 is 21.1 Å². The minimum absolute atomic E-state index is 0.256. The molecule has 1 aromatic heterocycles. The van der Waals surface area contributed by atoms with E-state index >= 15 is 0 Å². The Morgan fingerprint density at radius 3 is 2.75 bits per heavy atom. The van der Waals surface area contributed by atoms with Crippen molar-refractivity contribution in [3.05, 3.63) is 6.07 Å². The van der Waals surface area contributed by atoms with Crippen LogP contribution in [0.2, 0.25) is 0 Å². The monoisotopic (exact) mass is 279 g/mol. The third-order valence-corrected chi connectivity index (χ3v) is 3.74. The summed E-state index contributed by atoms with van der Waals surface area (Å²) in [5, 5.41) is 13.7. The van der Waals surface area contributed by atoms with Gasteiger partial charge in [0.05, 0.1) is 5.60 Å². The van der Waals surface area contributed by atoms with Gasteiger partial charge in [0.25, 0.3) is 0 Å². The molecule has 2 rings (SSSR count). The second kappa shape index (κ2) is 6.26. The minimum atomic E-state index is -0.592. The van der Waals surface area contributed by atoms with Gasteiger partial charge in [0, 0.05) is 26.2 Å². The highest BCUT2D eigenvalue weighted by Gasteiger charge is 2.32. The second-order valence-electron chi connectivity index (χ2n) is 5.68. The number of anilines is 3. The van der Waals surface area contributed by atoms with Crippen LogP contribution in [0.3, 0.4) is 0 Å². The summed E-state index contributed by atoms with van der Waals surface area (Å²) in [6, 6.07) is 1.88. The fourth-order valence-electron chi connectivity index (χ4n) is 2.71. The molecule has 1 aliphatic rings. The quantitative estimate of drug-likeness (QED) is 0.733. The summed E-state index contributed by atoms with van der Waals surface area (Å²) in [5.41, 5.74) is 5.17. The number of rotatable bonds is 6. The van der Waals surface area contributed by atoms with Crippen LogP contribution in [0.25, 0.3) is 0 Å². The van der Waals surface area contributed by atoms with Crippen molar-refractivity contribution in [1.29, 1.82) is 0 Å². The average Bonchev–Trinajstić information content (AvgIpc) is 2.82. The molecule has 0 radical (unpaired) electrons. The summed E-state index contributed by atoms with van der Waals surface area (Å²) in [6.45, 7) is 3.53. The highest BCUT2D eigenvalue weighted by Crippen LogP contribution is 2.31. The van der Waals surface area contributed by atoms with Crippen molar-refractivity contribution in [1.82, 2.24) is 9.97 Å². The summed E-state index contributed by atoms with van der Waals surface area (Å²) in [6.07, 6.45) is 4.94. The summed E-state index contributed by atoms with van der Waals surface area (Å²) in [4.78, 5) is 10.4. The molecule has 1 fully saturated rings.